The van der Waals surface area contributed by atoms with Gasteiger partial charge in [0.2, 0.25) is 0 Å². The minimum Gasteiger partial charge on any atom is -0.291 e. The van der Waals surface area contributed by atoms with Crippen LogP contribution >= 0.6 is 47.8 Å². The molecule has 0 saturated carbocycles. The molecule has 2 nitrogen and oxygen atoms in total. The van der Waals surface area contributed by atoms with Crippen LogP contribution in [0.15, 0.2) is 21.2 Å². The van der Waals surface area contributed by atoms with E-state index >= 15 is 0 Å². The summed E-state index contributed by atoms with van der Waals surface area (Å²) in [4.78, 5) is 15.2. The van der Waals surface area contributed by atoms with E-state index in [0.29, 0.717) is 15.6 Å². The molecule has 0 amide bonds. The molecule has 0 aromatic carbocycles. The van der Waals surface area contributed by atoms with Crippen molar-refractivity contribution >= 4 is 53.6 Å². The molecule has 1 heterocycles. The van der Waals surface area contributed by atoms with Gasteiger partial charge in [0.05, 0.1) is 5.33 Å². The molecule has 0 aliphatic heterocycles. The summed E-state index contributed by atoms with van der Waals surface area (Å²) in [6, 6.07) is 3.47. The predicted octanol–water partition coefficient (Wildman–Crippen LogP) is 3.18. The molecule has 0 radical (unpaired) electrons. The number of carbonyl (C=O) groups is 1. The molecule has 12 heavy (non-hydrogen) atoms. The number of pyridine rings is 1. The number of rotatable bonds is 2. The summed E-state index contributed by atoms with van der Waals surface area (Å²) in [7, 11) is 0. The first-order chi connectivity index (χ1) is 5.63. The van der Waals surface area contributed by atoms with Gasteiger partial charge in [-0.15, -0.1) is 0 Å². The minimum atomic E-state index is -0.0306. The van der Waals surface area contributed by atoms with Crippen LogP contribution in [-0.4, -0.2) is 16.1 Å². The van der Waals surface area contributed by atoms with E-state index in [0.717, 1.165) is 4.47 Å². The Kier molecular flexibility index (Phi) is 3.86. The summed E-state index contributed by atoms with van der Waals surface area (Å²) < 4.78 is 1.50. The van der Waals surface area contributed by atoms with E-state index in [4.69, 9.17) is 0 Å². The predicted molar refractivity (Wildman–Crippen MR) is 57.8 cm³/mol. The molecule has 0 aliphatic carbocycles. The third-order valence-electron chi connectivity index (χ3n) is 1.17. The van der Waals surface area contributed by atoms with Gasteiger partial charge in [0, 0.05) is 4.47 Å². The normalized spacial score (nSPS) is 9.92. The summed E-state index contributed by atoms with van der Waals surface area (Å²) >= 11 is 9.56. The molecular weight excluding hydrogens is 354 g/mol. The molecule has 0 fully saturated rings. The third-order valence-corrected chi connectivity index (χ3v) is 2.54. The number of hydrogen-bond donors (Lipinski definition) is 0. The Bertz CT molecular complexity index is 293. The third kappa shape index (κ3) is 2.64. The molecule has 1 aromatic rings. The second-order valence-corrected chi connectivity index (χ2v) is 4.34. The molecule has 0 atom stereocenters. The molecule has 0 N–H and O–H groups in total. The Morgan fingerprint density at radius 3 is 2.58 bits per heavy atom. The Balaban J connectivity index is 3.08. The van der Waals surface area contributed by atoms with Crippen molar-refractivity contribution in [2.45, 2.75) is 0 Å². The van der Waals surface area contributed by atoms with Crippen molar-refractivity contribution in [3.8, 4) is 0 Å². The van der Waals surface area contributed by atoms with Crippen LogP contribution in [0.4, 0.5) is 0 Å². The topological polar surface area (TPSA) is 30.0 Å². The summed E-state index contributed by atoms with van der Waals surface area (Å²) in [6.45, 7) is 0. The van der Waals surface area contributed by atoms with Crippen molar-refractivity contribution < 1.29 is 4.79 Å². The SMILES string of the molecule is O=C(CBr)c1cc(Br)cc(Br)n1. The first kappa shape index (κ1) is 10.3. The van der Waals surface area contributed by atoms with Crippen molar-refractivity contribution in [3.63, 3.8) is 0 Å². The van der Waals surface area contributed by atoms with Gasteiger partial charge >= 0.3 is 0 Å². The Morgan fingerprint density at radius 2 is 2.08 bits per heavy atom. The largest absolute Gasteiger partial charge is 0.291 e. The zero-order chi connectivity index (χ0) is 9.14. The number of aromatic nitrogens is 1. The Hall–Kier alpha value is 0.260. The first-order valence-corrected chi connectivity index (χ1v) is 5.76. The fraction of sp³-hybridized carbons (Fsp3) is 0.143. The van der Waals surface area contributed by atoms with Crippen LogP contribution in [-0.2, 0) is 0 Å². The van der Waals surface area contributed by atoms with Gasteiger partial charge in [-0.3, -0.25) is 4.79 Å². The van der Waals surface area contributed by atoms with E-state index in [2.05, 4.69) is 52.8 Å². The summed E-state index contributed by atoms with van der Waals surface area (Å²) in [5, 5.41) is 0.295. The number of hydrogen-bond acceptors (Lipinski definition) is 2. The summed E-state index contributed by atoms with van der Waals surface area (Å²) in [6.07, 6.45) is 0. The zero-order valence-electron chi connectivity index (χ0n) is 5.85. The molecule has 64 valence electrons. The Labute approximate surface area is 95.1 Å². The molecule has 0 spiro atoms. The fourth-order valence-electron chi connectivity index (χ4n) is 0.677. The number of nitrogens with zero attached hydrogens (tertiary/aromatic N) is 1. The smallest absolute Gasteiger partial charge is 0.191 e. The lowest BCUT2D eigenvalue weighted by atomic mass is 10.3. The summed E-state index contributed by atoms with van der Waals surface area (Å²) in [5.74, 6) is -0.0306. The lowest BCUT2D eigenvalue weighted by Crippen LogP contribution is -2.03. The zero-order valence-corrected chi connectivity index (χ0v) is 10.6. The highest BCUT2D eigenvalue weighted by Crippen LogP contribution is 2.17. The van der Waals surface area contributed by atoms with E-state index in [-0.39, 0.29) is 5.78 Å². The standard InChI is InChI=1S/C7H4Br3NO/c8-3-6(12)5-1-4(9)2-7(10)11-5/h1-2H,3H2. The second-order valence-electron chi connectivity index (χ2n) is 2.05. The first-order valence-electron chi connectivity index (χ1n) is 3.05. The van der Waals surface area contributed by atoms with Gasteiger partial charge in [-0.25, -0.2) is 4.98 Å². The Morgan fingerprint density at radius 1 is 1.42 bits per heavy atom. The highest BCUT2D eigenvalue weighted by Gasteiger charge is 2.06. The van der Waals surface area contributed by atoms with E-state index in [1.165, 1.54) is 0 Å². The van der Waals surface area contributed by atoms with Gasteiger partial charge in [0.1, 0.15) is 10.3 Å². The molecule has 0 unspecified atom stereocenters. The molecule has 0 aliphatic rings. The van der Waals surface area contributed by atoms with Crippen molar-refractivity contribution in [1.82, 2.24) is 4.98 Å². The van der Waals surface area contributed by atoms with Gasteiger partial charge in [0.25, 0.3) is 0 Å². The van der Waals surface area contributed by atoms with Gasteiger partial charge < -0.3 is 0 Å². The average Bonchev–Trinajstić information content (AvgIpc) is 2.01. The second kappa shape index (κ2) is 4.48. The van der Waals surface area contributed by atoms with E-state index in [1.807, 2.05) is 0 Å². The molecule has 0 saturated heterocycles. The fourth-order valence-corrected chi connectivity index (χ4v) is 2.14. The van der Waals surface area contributed by atoms with Gasteiger partial charge in [0.15, 0.2) is 5.78 Å². The van der Waals surface area contributed by atoms with Crippen molar-refractivity contribution in [1.29, 1.82) is 0 Å². The number of ketones is 1. The van der Waals surface area contributed by atoms with E-state index in [1.54, 1.807) is 12.1 Å². The summed E-state index contributed by atoms with van der Waals surface area (Å²) in [5.41, 5.74) is 0.452. The number of alkyl halides is 1. The number of carbonyl (C=O) groups excluding carboxylic acids is 1. The van der Waals surface area contributed by atoms with Crippen LogP contribution in [0, 0.1) is 0 Å². The van der Waals surface area contributed by atoms with Crippen LogP contribution in [0.1, 0.15) is 10.5 Å². The number of halogens is 3. The number of Topliss-reactive ketones (excluding diaryl/α,β-unsaturated/α-hetero) is 1. The minimum absolute atomic E-state index is 0.0306. The lowest BCUT2D eigenvalue weighted by molar-refractivity contribution is 0.101. The van der Waals surface area contributed by atoms with Gasteiger partial charge in [-0.05, 0) is 28.1 Å². The molecule has 5 heteroatoms. The quantitative estimate of drug-likeness (QED) is 0.462. The maximum Gasteiger partial charge on any atom is 0.191 e. The molecular formula is C7H4Br3NO. The van der Waals surface area contributed by atoms with Crippen LogP contribution in [0.2, 0.25) is 0 Å². The van der Waals surface area contributed by atoms with Crippen molar-refractivity contribution in [2.75, 3.05) is 5.33 Å². The van der Waals surface area contributed by atoms with Crippen LogP contribution in [0.3, 0.4) is 0 Å². The lowest BCUT2D eigenvalue weighted by Gasteiger charge is -1.98. The maximum absolute atomic E-state index is 11.2. The van der Waals surface area contributed by atoms with E-state index < -0.39 is 0 Å². The van der Waals surface area contributed by atoms with Gasteiger partial charge in [-0.2, -0.15) is 0 Å². The maximum atomic E-state index is 11.2. The molecule has 0 bridgehead atoms. The van der Waals surface area contributed by atoms with Crippen LogP contribution < -0.4 is 0 Å². The van der Waals surface area contributed by atoms with Crippen molar-refractivity contribution in [2.24, 2.45) is 0 Å². The monoisotopic (exact) mass is 355 g/mol. The molecule has 1 aromatic heterocycles. The van der Waals surface area contributed by atoms with E-state index in [9.17, 15) is 4.79 Å². The van der Waals surface area contributed by atoms with Crippen LogP contribution in [0.25, 0.3) is 0 Å². The van der Waals surface area contributed by atoms with Crippen LogP contribution in [0.5, 0.6) is 0 Å². The van der Waals surface area contributed by atoms with Gasteiger partial charge in [-0.1, -0.05) is 31.9 Å². The average molecular weight is 358 g/mol. The van der Waals surface area contributed by atoms with Crippen molar-refractivity contribution in [3.05, 3.63) is 26.9 Å². The molecule has 1 rings (SSSR count). The highest BCUT2D eigenvalue weighted by atomic mass is 79.9. The highest BCUT2D eigenvalue weighted by molar-refractivity contribution is 9.11.